The SMILES string of the molecule is CN1[C@H](c2ccccc2)C[C@H](N=Cc2ccccc2)[C@@H](c2ccccc2)[C@@H]1c1ccccc1. The van der Waals surface area contributed by atoms with Crippen LogP contribution in [0.1, 0.15) is 46.7 Å². The molecule has 2 nitrogen and oxygen atoms in total. The molecular weight excluding hydrogens is 400 g/mol. The van der Waals surface area contributed by atoms with Crippen molar-refractivity contribution in [3.63, 3.8) is 0 Å². The molecule has 0 aromatic heterocycles. The molecule has 4 atom stereocenters. The molecule has 1 saturated heterocycles. The summed E-state index contributed by atoms with van der Waals surface area (Å²) in [6.07, 6.45) is 3.04. The van der Waals surface area contributed by atoms with Crippen LogP contribution in [0, 0.1) is 0 Å². The van der Waals surface area contributed by atoms with E-state index in [9.17, 15) is 0 Å². The second kappa shape index (κ2) is 9.97. The second-order valence-electron chi connectivity index (χ2n) is 8.88. The summed E-state index contributed by atoms with van der Waals surface area (Å²) in [5.74, 6) is 0.263. The van der Waals surface area contributed by atoms with Crippen LogP contribution >= 0.6 is 0 Å². The molecule has 0 aliphatic carbocycles. The van der Waals surface area contributed by atoms with Crippen molar-refractivity contribution >= 4 is 6.21 Å². The molecule has 1 fully saturated rings. The van der Waals surface area contributed by atoms with Gasteiger partial charge in [-0.3, -0.25) is 9.89 Å². The molecule has 0 radical (unpaired) electrons. The molecule has 0 saturated carbocycles. The molecule has 5 rings (SSSR count). The van der Waals surface area contributed by atoms with Crippen LogP contribution in [0.3, 0.4) is 0 Å². The summed E-state index contributed by atoms with van der Waals surface area (Å²) < 4.78 is 0. The van der Waals surface area contributed by atoms with Crippen LogP contribution in [0.25, 0.3) is 0 Å². The van der Waals surface area contributed by atoms with Crippen molar-refractivity contribution in [1.29, 1.82) is 0 Å². The quantitative estimate of drug-likeness (QED) is 0.309. The van der Waals surface area contributed by atoms with E-state index in [0.29, 0.717) is 6.04 Å². The predicted octanol–water partition coefficient (Wildman–Crippen LogP) is 7.08. The average molecular weight is 431 g/mol. The van der Waals surface area contributed by atoms with Crippen LogP contribution < -0.4 is 0 Å². The van der Waals surface area contributed by atoms with Gasteiger partial charge in [-0.15, -0.1) is 0 Å². The summed E-state index contributed by atoms with van der Waals surface area (Å²) in [5, 5.41) is 0. The van der Waals surface area contributed by atoms with Crippen molar-refractivity contribution in [2.45, 2.75) is 30.5 Å². The third kappa shape index (κ3) is 4.67. The van der Waals surface area contributed by atoms with E-state index in [-0.39, 0.29) is 18.0 Å². The Morgan fingerprint density at radius 3 is 1.70 bits per heavy atom. The first-order valence-corrected chi connectivity index (χ1v) is 11.8. The Labute approximate surface area is 197 Å². The van der Waals surface area contributed by atoms with Gasteiger partial charge in [0, 0.05) is 24.2 Å². The molecule has 1 aliphatic heterocycles. The lowest BCUT2D eigenvalue weighted by Gasteiger charge is -2.48. The van der Waals surface area contributed by atoms with E-state index in [0.717, 1.165) is 12.0 Å². The Hall–Kier alpha value is -3.49. The van der Waals surface area contributed by atoms with Crippen molar-refractivity contribution in [3.05, 3.63) is 144 Å². The first-order chi connectivity index (χ1) is 16.3. The zero-order valence-corrected chi connectivity index (χ0v) is 19.0. The van der Waals surface area contributed by atoms with E-state index >= 15 is 0 Å². The smallest absolute Gasteiger partial charge is 0.0604 e. The molecule has 1 aliphatic rings. The normalized spacial score (nSPS) is 23.5. The highest BCUT2D eigenvalue weighted by atomic mass is 15.2. The molecule has 0 bridgehead atoms. The maximum absolute atomic E-state index is 5.25. The first-order valence-electron chi connectivity index (χ1n) is 11.8. The Balaban J connectivity index is 1.62. The maximum atomic E-state index is 5.25. The van der Waals surface area contributed by atoms with Crippen molar-refractivity contribution in [2.24, 2.45) is 4.99 Å². The fraction of sp³-hybridized carbons (Fsp3) is 0.194. The topological polar surface area (TPSA) is 15.6 Å². The lowest BCUT2D eigenvalue weighted by Crippen LogP contribution is -2.44. The van der Waals surface area contributed by atoms with E-state index < -0.39 is 0 Å². The van der Waals surface area contributed by atoms with E-state index in [2.05, 4.69) is 139 Å². The molecule has 33 heavy (non-hydrogen) atoms. The van der Waals surface area contributed by atoms with Gasteiger partial charge in [-0.25, -0.2) is 0 Å². The van der Waals surface area contributed by atoms with E-state index in [1.165, 1.54) is 16.7 Å². The lowest BCUT2D eigenvalue weighted by atomic mass is 9.74. The van der Waals surface area contributed by atoms with Crippen LogP contribution in [-0.2, 0) is 0 Å². The number of benzene rings is 4. The number of hydrogen-bond acceptors (Lipinski definition) is 2. The highest BCUT2D eigenvalue weighted by molar-refractivity contribution is 5.79. The van der Waals surface area contributed by atoms with Gasteiger partial charge >= 0.3 is 0 Å². The Morgan fingerprint density at radius 2 is 1.12 bits per heavy atom. The molecule has 4 aromatic carbocycles. The van der Waals surface area contributed by atoms with E-state index in [1.807, 2.05) is 0 Å². The van der Waals surface area contributed by atoms with Gasteiger partial charge in [0.25, 0.3) is 0 Å². The van der Waals surface area contributed by atoms with Gasteiger partial charge < -0.3 is 0 Å². The third-order valence-corrected chi connectivity index (χ3v) is 6.87. The molecule has 164 valence electrons. The predicted molar refractivity (Wildman–Crippen MR) is 138 cm³/mol. The van der Waals surface area contributed by atoms with Gasteiger partial charge in [-0.05, 0) is 35.7 Å². The average Bonchev–Trinajstić information content (AvgIpc) is 2.89. The fourth-order valence-electron chi connectivity index (χ4n) is 5.29. The Bertz CT molecular complexity index is 1160. The number of rotatable bonds is 5. The number of nitrogens with zero attached hydrogens (tertiary/aromatic N) is 2. The van der Waals surface area contributed by atoms with Crippen LogP contribution in [-0.4, -0.2) is 24.2 Å². The maximum Gasteiger partial charge on any atom is 0.0604 e. The molecular formula is C31H30N2. The monoisotopic (exact) mass is 430 g/mol. The van der Waals surface area contributed by atoms with Crippen LogP contribution in [0.15, 0.2) is 126 Å². The first kappa shape index (κ1) is 21.4. The Morgan fingerprint density at radius 1 is 0.636 bits per heavy atom. The number of piperidine rings is 1. The summed E-state index contributed by atoms with van der Waals surface area (Å²) >= 11 is 0. The minimum Gasteiger partial charge on any atom is -0.292 e. The van der Waals surface area contributed by atoms with Crippen LogP contribution in [0.5, 0.6) is 0 Å². The summed E-state index contributed by atoms with van der Waals surface area (Å²) in [4.78, 5) is 7.81. The Kier molecular flexibility index (Phi) is 6.46. The number of likely N-dealkylation sites (N-methyl/N-ethyl adjacent to an activating group) is 1. The molecule has 4 aromatic rings. The highest BCUT2D eigenvalue weighted by Crippen LogP contribution is 2.49. The summed E-state index contributed by atoms with van der Waals surface area (Å²) in [6.45, 7) is 0. The largest absolute Gasteiger partial charge is 0.292 e. The third-order valence-electron chi connectivity index (χ3n) is 6.87. The summed E-state index contributed by atoms with van der Waals surface area (Å²) in [6, 6.07) is 43.9. The highest BCUT2D eigenvalue weighted by Gasteiger charge is 2.43. The van der Waals surface area contributed by atoms with Gasteiger partial charge in [0.2, 0.25) is 0 Å². The molecule has 1 heterocycles. The van der Waals surface area contributed by atoms with Crippen molar-refractivity contribution < 1.29 is 0 Å². The number of aliphatic imine (C=N–C) groups is 1. The lowest BCUT2D eigenvalue weighted by molar-refractivity contribution is 0.0808. The van der Waals surface area contributed by atoms with Gasteiger partial charge in [-0.2, -0.15) is 0 Å². The van der Waals surface area contributed by atoms with Crippen molar-refractivity contribution in [2.75, 3.05) is 7.05 Å². The number of likely N-dealkylation sites (tertiary alicyclic amines) is 1. The van der Waals surface area contributed by atoms with E-state index in [4.69, 9.17) is 4.99 Å². The molecule has 0 spiro atoms. The fourth-order valence-corrected chi connectivity index (χ4v) is 5.29. The minimum absolute atomic E-state index is 0.166. The summed E-state index contributed by atoms with van der Waals surface area (Å²) in [5.41, 5.74) is 5.19. The standard InChI is InChI=1S/C31H30N2/c1-33-29(25-16-8-3-9-17-25)22-28(32-23-24-14-6-2-7-15-24)30(26-18-10-4-11-19-26)31(33)27-20-12-5-13-21-27/h2-21,23,28-31H,22H2,1H3/t28-,29-,30+,31-/m0/s1. The van der Waals surface area contributed by atoms with Gasteiger partial charge in [0.15, 0.2) is 0 Å². The number of hydrogen-bond donors (Lipinski definition) is 0. The molecule has 0 N–H and O–H groups in total. The molecule has 2 heteroatoms. The summed E-state index contributed by atoms with van der Waals surface area (Å²) in [7, 11) is 2.28. The van der Waals surface area contributed by atoms with Crippen LogP contribution in [0.2, 0.25) is 0 Å². The second-order valence-corrected chi connectivity index (χ2v) is 8.88. The molecule has 0 unspecified atom stereocenters. The van der Waals surface area contributed by atoms with Gasteiger partial charge in [0.05, 0.1) is 6.04 Å². The minimum atomic E-state index is 0.166. The van der Waals surface area contributed by atoms with E-state index in [1.54, 1.807) is 0 Å². The molecule has 0 amide bonds. The van der Waals surface area contributed by atoms with Crippen molar-refractivity contribution in [3.8, 4) is 0 Å². The zero-order valence-electron chi connectivity index (χ0n) is 19.0. The zero-order chi connectivity index (χ0) is 22.5. The van der Waals surface area contributed by atoms with Crippen molar-refractivity contribution in [1.82, 2.24) is 4.90 Å². The van der Waals surface area contributed by atoms with Gasteiger partial charge in [0.1, 0.15) is 0 Å². The van der Waals surface area contributed by atoms with Crippen LogP contribution in [0.4, 0.5) is 0 Å². The van der Waals surface area contributed by atoms with Gasteiger partial charge in [-0.1, -0.05) is 121 Å².